The van der Waals surface area contributed by atoms with Gasteiger partial charge in [-0.1, -0.05) is 13.0 Å². The van der Waals surface area contributed by atoms with Crippen LogP contribution in [0.4, 0.5) is 0 Å². The Labute approximate surface area is 109 Å². The van der Waals surface area contributed by atoms with E-state index >= 15 is 0 Å². The van der Waals surface area contributed by atoms with Crippen LogP contribution in [-0.4, -0.2) is 15.0 Å². The Bertz CT molecular complexity index is 462. The van der Waals surface area contributed by atoms with Gasteiger partial charge >= 0.3 is 0 Å². The summed E-state index contributed by atoms with van der Waals surface area (Å²) in [6, 6.07) is 5.06. The molecule has 0 aliphatic heterocycles. The Hall–Kier alpha value is -0.100. The molecule has 1 rings (SSSR count). The van der Waals surface area contributed by atoms with Crippen molar-refractivity contribution in [3.8, 4) is 0 Å². The van der Waals surface area contributed by atoms with Crippen molar-refractivity contribution in [1.29, 1.82) is 0 Å². The number of sulfonamides is 1. The van der Waals surface area contributed by atoms with Crippen LogP contribution < -0.4 is 4.72 Å². The van der Waals surface area contributed by atoms with Crippen LogP contribution in [0, 0.1) is 0 Å². The Morgan fingerprint density at radius 3 is 2.69 bits per heavy atom. The maximum absolute atomic E-state index is 11.9. The van der Waals surface area contributed by atoms with E-state index in [1.807, 2.05) is 6.92 Å². The Kier molecular flexibility index (Phi) is 5.24. The van der Waals surface area contributed by atoms with Crippen LogP contribution in [0.3, 0.4) is 0 Å². The summed E-state index contributed by atoms with van der Waals surface area (Å²) >= 11 is 8.90. The molecule has 0 saturated heterocycles. The normalized spacial score (nSPS) is 11.7. The highest BCUT2D eigenvalue weighted by Gasteiger charge is 2.17. The number of nitrogens with one attached hydrogen (secondary N) is 1. The molecule has 16 heavy (non-hydrogen) atoms. The van der Waals surface area contributed by atoms with Gasteiger partial charge in [0, 0.05) is 16.9 Å². The molecule has 1 aromatic carbocycles. The topological polar surface area (TPSA) is 46.2 Å². The van der Waals surface area contributed by atoms with E-state index in [-0.39, 0.29) is 4.90 Å². The predicted molar refractivity (Wildman–Crippen MR) is 69.2 cm³/mol. The number of hydrogen-bond acceptors (Lipinski definition) is 2. The molecule has 0 spiro atoms. The van der Waals surface area contributed by atoms with E-state index in [9.17, 15) is 8.42 Å². The van der Waals surface area contributed by atoms with Crippen LogP contribution in [-0.2, 0) is 15.9 Å². The van der Waals surface area contributed by atoms with Gasteiger partial charge in [-0.3, -0.25) is 0 Å². The standard InChI is InChI=1S/C10H13BrClNO2S/c1-2-5-13-16(14,15)10-6-8(7-12)3-4-9(10)11/h3-4,6,13H,2,5,7H2,1H3. The first-order valence-electron chi connectivity index (χ1n) is 4.85. The Balaban J connectivity index is 3.11. The van der Waals surface area contributed by atoms with E-state index in [1.54, 1.807) is 18.2 Å². The Morgan fingerprint density at radius 2 is 2.12 bits per heavy atom. The average Bonchev–Trinajstić information content (AvgIpc) is 2.27. The van der Waals surface area contributed by atoms with E-state index in [0.717, 1.165) is 12.0 Å². The van der Waals surface area contributed by atoms with E-state index < -0.39 is 10.0 Å². The first-order chi connectivity index (χ1) is 7.51. The summed E-state index contributed by atoms with van der Waals surface area (Å²) < 4.78 is 26.9. The first kappa shape index (κ1) is 14.0. The highest BCUT2D eigenvalue weighted by atomic mass is 79.9. The lowest BCUT2D eigenvalue weighted by Gasteiger charge is -2.08. The van der Waals surface area contributed by atoms with Crippen molar-refractivity contribution in [2.75, 3.05) is 6.54 Å². The van der Waals surface area contributed by atoms with Gasteiger partial charge in [-0.15, -0.1) is 11.6 Å². The van der Waals surface area contributed by atoms with E-state index in [1.165, 1.54) is 0 Å². The maximum atomic E-state index is 11.9. The molecule has 0 heterocycles. The summed E-state index contributed by atoms with van der Waals surface area (Å²) in [5.74, 6) is 0.295. The van der Waals surface area contributed by atoms with Gasteiger partial charge in [0.25, 0.3) is 0 Å². The number of benzene rings is 1. The van der Waals surface area contributed by atoms with Gasteiger partial charge in [-0.25, -0.2) is 13.1 Å². The molecule has 0 unspecified atom stereocenters. The van der Waals surface area contributed by atoms with E-state index in [2.05, 4.69) is 20.7 Å². The maximum Gasteiger partial charge on any atom is 0.241 e. The highest BCUT2D eigenvalue weighted by molar-refractivity contribution is 9.10. The molecule has 0 saturated carbocycles. The molecule has 0 fully saturated rings. The molecule has 0 aromatic heterocycles. The quantitative estimate of drug-likeness (QED) is 0.846. The number of hydrogen-bond donors (Lipinski definition) is 1. The van der Waals surface area contributed by atoms with Crippen LogP contribution >= 0.6 is 27.5 Å². The van der Waals surface area contributed by atoms with Crippen LogP contribution in [0.1, 0.15) is 18.9 Å². The molecule has 3 nitrogen and oxygen atoms in total. The van der Waals surface area contributed by atoms with Crippen molar-refractivity contribution >= 4 is 37.6 Å². The summed E-state index contributed by atoms with van der Waals surface area (Å²) in [5.41, 5.74) is 0.779. The zero-order chi connectivity index (χ0) is 12.2. The molecule has 0 bridgehead atoms. The molecular weight excluding hydrogens is 314 g/mol. The first-order valence-corrected chi connectivity index (χ1v) is 7.66. The highest BCUT2D eigenvalue weighted by Crippen LogP contribution is 2.23. The minimum Gasteiger partial charge on any atom is -0.211 e. The fourth-order valence-corrected chi connectivity index (χ4v) is 3.46. The second kappa shape index (κ2) is 6.00. The predicted octanol–water partition coefficient (Wildman–Crippen LogP) is 2.88. The van der Waals surface area contributed by atoms with Gasteiger partial charge in [-0.05, 0) is 40.0 Å². The van der Waals surface area contributed by atoms with Crippen LogP contribution in [0.25, 0.3) is 0 Å². The van der Waals surface area contributed by atoms with Gasteiger partial charge in [0.1, 0.15) is 0 Å². The number of rotatable bonds is 5. The molecule has 1 aromatic rings. The minimum absolute atomic E-state index is 0.235. The molecule has 6 heteroatoms. The van der Waals surface area contributed by atoms with Crippen molar-refractivity contribution < 1.29 is 8.42 Å². The van der Waals surface area contributed by atoms with Crippen molar-refractivity contribution in [3.05, 3.63) is 28.2 Å². The molecular formula is C10H13BrClNO2S. The van der Waals surface area contributed by atoms with Crippen molar-refractivity contribution in [2.24, 2.45) is 0 Å². The van der Waals surface area contributed by atoms with Gasteiger partial charge in [0.2, 0.25) is 10.0 Å². The third kappa shape index (κ3) is 3.45. The third-order valence-corrected chi connectivity index (χ3v) is 4.75. The molecule has 90 valence electrons. The van der Waals surface area contributed by atoms with Gasteiger partial charge < -0.3 is 0 Å². The molecule has 1 N–H and O–H groups in total. The van der Waals surface area contributed by atoms with Gasteiger partial charge in [-0.2, -0.15) is 0 Å². The van der Waals surface area contributed by atoms with Crippen molar-refractivity contribution in [3.63, 3.8) is 0 Å². The lowest BCUT2D eigenvalue weighted by atomic mass is 10.2. The molecule has 0 atom stereocenters. The van der Waals surface area contributed by atoms with Crippen LogP contribution in [0.2, 0.25) is 0 Å². The lowest BCUT2D eigenvalue weighted by Crippen LogP contribution is -2.24. The van der Waals surface area contributed by atoms with Crippen molar-refractivity contribution in [2.45, 2.75) is 24.1 Å². The molecule has 0 amide bonds. The molecule has 0 aliphatic rings. The van der Waals surface area contributed by atoms with Crippen LogP contribution in [0.5, 0.6) is 0 Å². The summed E-state index contributed by atoms with van der Waals surface area (Å²) in [6.07, 6.45) is 0.756. The fraction of sp³-hybridized carbons (Fsp3) is 0.400. The summed E-state index contributed by atoms with van der Waals surface area (Å²) in [7, 11) is -3.44. The zero-order valence-corrected chi connectivity index (χ0v) is 12.0. The summed E-state index contributed by atoms with van der Waals surface area (Å²) in [5, 5.41) is 0. The van der Waals surface area contributed by atoms with E-state index in [0.29, 0.717) is 16.9 Å². The minimum atomic E-state index is -3.44. The second-order valence-electron chi connectivity index (χ2n) is 3.30. The molecule has 0 aliphatic carbocycles. The average molecular weight is 327 g/mol. The monoisotopic (exact) mass is 325 g/mol. The van der Waals surface area contributed by atoms with Gasteiger partial charge in [0.15, 0.2) is 0 Å². The van der Waals surface area contributed by atoms with Gasteiger partial charge in [0.05, 0.1) is 4.90 Å². The SMILES string of the molecule is CCCNS(=O)(=O)c1cc(CCl)ccc1Br. The van der Waals surface area contributed by atoms with Crippen molar-refractivity contribution in [1.82, 2.24) is 4.72 Å². The third-order valence-electron chi connectivity index (χ3n) is 1.98. The number of alkyl halides is 1. The fourth-order valence-electron chi connectivity index (χ4n) is 1.15. The summed E-state index contributed by atoms with van der Waals surface area (Å²) in [6.45, 7) is 2.34. The zero-order valence-electron chi connectivity index (χ0n) is 8.83. The Morgan fingerprint density at radius 1 is 1.44 bits per heavy atom. The second-order valence-corrected chi connectivity index (χ2v) is 6.15. The van der Waals surface area contributed by atoms with E-state index in [4.69, 9.17) is 11.6 Å². The summed E-state index contributed by atoms with van der Waals surface area (Å²) in [4.78, 5) is 0.235. The largest absolute Gasteiger partial charge is 0.241 e. The molecule has 0 radical (unpaired) electrons. The lowest BCUT2D eigenvalue weighted by molar-refractivity contribution is 0.580. The number of halogens is 2. The smallest absolute Gasteiger partial charge is 0.211 e. The van der Waals surface area contributed by atoms with Crippen LogP contribution in [0.15, 0.2) is 27.6 Å².